The van der Waals surface area contributed by atoms with E-state index < -0.39 is 0 Å². The zero-order chi connectivity index (χ0) is 18.9. The average molecular weight is 371 g/mol. The van der Waals surface area contributed by atoms with E-state index in [-0.39, 0.29) is 0 Å². The molecule has 0 aliphatic carbocycles. The number of nitrogens with one attached hydrogen (secondary N) is 1. The molecule has 0 unspecified atom stereocenters. The number of aromatic amines is 1. The number of fused-ring (bicyclic) bond motifs is 1. The highest BCUT2D eigenvalue weighted by Gasteiger charge is 2.19. The lowest BCUT2D eigenvalue weighted by Gasteiger charge is -2.29. The summed E-state index contributed by atoms with van der Waals surface area (Å²) in [6.45, 7) is 2.29. The van der Waals surface area contributed by atoms with Gasteiger partial charge in [-0.25, -0.2) is 4.98 Å². The van der Waals surface area contributed by atoms with Gasteiger partial charge in [0.15, 0.2) is 0 Å². The van der Waals surface area contributed by atoms with E-state index in [4.69, 9.17) is 10.1 Å². The van der Waals surface area contributed by atoms with E-state index in [1.54, 1.807) is 0 Å². The Bertz CT molecular complexity index is 1070. The van der Waals surface area contributed by atoms with Gasteiger partial charge in [0, 0.05) is 18.2 Å². The fraction of sp³-hybridized carbons (Fsp3) is 0.304. The molecule has 0 saturated carbocycles. The number of benzene rings is 2. The second-order valence-corrected chi connectivity index (χ2v) is 7.79. The predicted molar refractivity (Wildman–Crippen MR) is 112 cm³/mol. The van der Waals surface area contributed by atoms with Crippen LogP contribution in [0.3, 0.4) is 0 Å². The molecule has 1 aliphatic heterocycles. The normalized spacial score (nSPS) is 16.0. The van der Waals surface area contributed by atoms with Crippen molar-refractivity contribution < 1.29 is 0 Å². The van der Waals surface area contributed by atoms with Gasteiger partial charge in [-0.2, -0.15) is 5.10 Å². The van der Waals surface area contributed by atoms with Crippen LogP contribution in [0.25, 0.3) is 22.3 Å². The van der Waals surface area contributed by atoms with Crippen LogP contribution in [-0.4, -0.2) is 44.8 Å². The van der Waals surface area contributed by atoms with Crippen LogP contribution in [0.15, 0.2) is 60.8 Å². The Hall–Kier alpha value is -2.92. The number of rotatable bonds is 4. The zero-order valence-corrected chi connectivity index (χ0v) is 16.2. The molecular weight excluding hydrogens is 346 g/mol. The molecule has 4 aromatic rings. The highest BCUT2D eigenvalue weighted by molar-refractivity contribution is 5.81. The van der Waals surface area contributed by atoms with Crippen molar-refractivity contribution in [2.45, 2.75) is 25.3 Å². The summed E-state index contributed by atoms with van der Waals surface area (Å²) in [5.74, 6) is 0.996. The van der Waals surface area contributed by atoms with Crippen LogP contribution in [0.4, 0.5) is 0 Å². The molecule has 1 fully saturated rings. The topological polar surface area (TPSA) is 49.7 Å². The number of nitrogens with zero attached hydrogens (tertiary/aromatic N) is 4. The number of aromatic nitrogens is 4. The van der Waals surface area contributed by atoms with Gasteiger partial charge in [-0.3, -0.25) is 4.68 Å². The molecule has 28 heavy (non-hydrogen) atoms. The summed E-state index contributed by atoms with van der Waals surface area (Å²) in [5.41, 5.74) is 5.49. The lowest BCUT2D eigenvalue weighted by atomic mass is 10.1. The minimum Gasteiger partial charge on any atom is -0.342 e. The summed E-state index contributed by atoms with van der Waals surface area (Å²) in [6.07, 6.45) is 5.28. The van der Waals surface area contributed by atoms with Gasteiger partial charge >= 0.3 is 0 Å². The molecule has 0 radical (unpaired) electrons. The van der Waals surface area contributed by atoms with Crippen LogP contribution in [0, 0.1) is 0 Å². The first-order valence-electron chi connectivity index (χ1n) is 10.0. The largest absolute Gasteiger partial charge is 0.342 e. The molecule has 2 aromatic heterocycles. The molecule has 3 heterocycles. The lowest BCUT2D eigenvalue weighted by Crippen LogP contribution is -2.31. The van der Waals surface area contributed by atoms with E-state index in [1.165, 1.54) is 18.4 Å². The summed E-state index contributed by atoms with van der Waals surface area (Å²) >= 11 is 0. The van der Waals surface area contributed by atoms with Gasteiger partial charge in [-0.1, -0.05) is 36.4 Å². The summed E-state index contributed by atoms with van der Waals surface area (Å²) in [7, 11) is 2.19. The third-order valence-electron chi connectivity index (χ3n) is 5.71. The Morgan fingerprint density at radius 1 is 1.04 bits per heavy atom. The molecule has 0 amide bonds. The highest BCUT2D eigenvalue weighted by atomic mass is 15.3. The first kappa shape index (κ1) is 17.2. The molecule has 5 rings (SSSR count). The maximum Gasteiger partial charge on any atom is 0.111 e. The Labute approximate surface area is 165 Å². The standard InChI is InChI=1S/C23H25N5/c1-27-12-9-19(10-13-27)28-14-11-20(26-28)18-7-8-21-22(16-18)25-23(24-21)15-17-5-3-2-4-6-17/h2-8,11,14,16,19H,9-10,12-13,15H2,1H3,(H,24,25). The van der Waals surface area contributed by atoms with Crippen molar-refractivity contribution in [3.63, 3.8) is 0 Å². The Morgan fingerprint density at radius 3 is 2.68 bits per heavy atom. The van der Waals surface area contributed by atoms with E-state index in [0.717, 1.165) is 47.6 Å². The number of imidazole rings is 1. The molecular formula is C23H25N5. The molecule has 1 aliphatic rings. The molecule has 5 nitrogen and oxygen atoms in total. The van der Waals surface area contributed by atoms with Crippen molar-refractivity contribution in [1.29, 1.82) is 0 Å². The van der Waals surface area contributed by atoms with Gasteiger partial charge in [-0.15, -0.1) is 0 Å². The summed E-state index contributed by atoms with van der Waals surface area (Å²) in [4.78, 5) is 10.6. The van der Waals surface area contributed by atoms with Crippen LogP contribution in [-0.2, 0) is 6.42 Å². The van der Waals surface area contributed by atoms with Crippen molar-refractivity contribution in [1.82, 2.24) is 24.6 Å². The molecule has 5 heteroatoms. The number of hydrogen-bond donors (Lipinski definition) is 1. The lowest BCUT2D eigenvalue weighted by molar-refractivity contribution is 0.212. The van der Waals surface area contributed by atoms with Crippen LogP contribution in [0.5, 0.6) is 0 Å². The summed E-state index contributed by atoms with van der Waals surface area (Å²) in [5, 5.41) is 4.87. The third kappa shape index (κ3) is 3.45. The first-order valence-corrected chi connectivity index (χ1v) is 10.0. The van der Waals surface area contributed by atoms with Gasteiger partial charge < -0.3 is 9.88 Å². The predicted octanol–water partition coefficient (Wildman–Crippen LogP) is 4.28. The van der Waals surface area contributed by atoms with Crippen molar-refractivity contribution in [2.24, 2.45) is 0 Å². The van der Waals surface area contributed by atoms with Crippen molar-refractivity contribution in [3.05, 3.63) is 72.2 Å². The Kier molecular flexibility index (Phi) is 4.45. The summed E-state index contributed by atoms with van der Waals surface area (Å²) < 4.78 is 2.15. The van der Waals surface area contributed by atoms with Crippen LogP contribution < -0.4 is 0 Å². The van der Waals surface area contributed by atoms with E-state index in [2.05, 4.69) is 76.3 Å². The molecule has 0 bridgehead atoms. The molecule has 142 valence electrons. The van der Waals surface area contributed by atoms with Crippen molar-refractivity contribution in [3.8, 4) is 11.3 Å². The van der Waals surface area contributed by atoms with E-state index in [0.29, 0.717) is 6.04 Å². The maximum absolute atomic E-state index is 4.87. The van der Waals surface area contributed by atoms with Gasteiger partial charge in [0.2, 0.25) is 0 Å². The second-order valence-electron chi connectivity index (χ2n) is 7.79. The first-order chi connectivity index (χ1) is 13.7. The van der Waals surface area contributed by atoms with Gasteiger partial charge in [0.1, 0.15) is 5.82 Å². The number of piperidine rings is 1. The Balaban J connectivity index is 1.38. The van der Waals surface area contributed by atoms with Crippen LogP contribution in [0.2, 0.25) is 0 Å². The van der Waals surface area contributed by atoms with E-state index in [9.17, 15) is 0 Å². The molecule has 0 atom stereocenters. The van der Waals surface area contributed by atoms with Gasteiger partial charge in [0.25, 0.3) is 0 Å². The highest BCUT2D eigenvalue weighted by Crippen LogP contribution is 2.26. The van der Waals surface area contributed by atoms with Gasteiger partial charge in [-0.05, 0) is 56.7 Å². The minimum absolute atomic E-state index is 0.512. The third-order valence-corrected chi connectivity index (χ3v) is 5.71. The van der Waals surface area contributed by atoms with E-state index in [1.807, 2.05) is 6.07 Å². The zero-order valence-electron chi connectivity index (χ0n) is 16.2. The molecule has 2 aromatic carbocycles. The monoisotopic (exact) mass is 371 g/mol. The summed E-state index contributed by atoms with van der Waals surface area (Å²) in [6, 6.07) is 19.5. The van der Waals surface area contributed by atoms with Gasteiger partial charge in [0.05, 0.1) is 22.8 Å². The second kappa shape index (κ2) is 7.24. The molecule has 1 N–H and O–H groups in total. The number of hydrogen-bond acceptors (Lipinski definition) is 3. The quantitative estimate of drug-likeness (QED) is 0.582. The molecule has 0 spiro atoms. The number of H-pyrrole nitrogens is 1. The SMILES string of the molecule is CN1CCC(n2ccc(-c3ccc4nc(Cc5ccccc5)[nH]c4c3)n2)CC1. The average Bonchev–Trinajstić information content (AvgIpc) is 3.35. The van der Waals surface area contributed by atoms with E-state index >= 15 is 0 Å². The number of likely N-dealkylation sites (tertiary alicyclic amines) is 1. The fourth-order valence-corrected chi connectivity index (χ4v) is 4.05. The Morgan fingerprint density at radius 2 is 1.86 bits per heavy atom. The molecule has 1 saturated heterocycles. The van der Waals surface area contributed by atoms with Crippen molar-refractivity contribution >= 4 is 11.0 Å². The smallest absolute Gasteiger partial charge is 0.111 e. The van der Waals surface area contributed by atoms with Crippen LogP contribution >= 0.6 is 0 Å². The fourth-order valence-electron chi connectivity index (χ4n) is 4.05. The van der Waals surface area contributed by atoms with Crippen LogP contribution in [0.1, 0.15) is 30.3 Å². The maximum atomic E-state index is 4.87. The minimum atomic E-state index is 0.512. The van der Waals surface area contributed by atoms with Crippen molar-refractivity contribution in [2.75, 3.05) is 20.1 Å².